The fourth-order valence-electron chi connectivity index (χ4n) is 3.00. The molecule has 172 valence electrons. The van der Waals surface area contributed by atoms with E-state index in [-0.39, 0.29) is 25.9 Å². The number of carbonyl (C=O) groups is 3. The Hall–Kier alpha value is -2.15. The average molecular weight is 443 g/mol. The number of rotatable bonds is 4. The third-order valence-corrected chi connectivity index (χ3v) is 4.48. The lowest BCUT2D eigenvalue weighted by Crippen LogP contribution is -2.61. The van der Waals surface area contributed by atoms with Crippen molar-refractivity contribution in [2.24, 2.45) is 0 Å². The standard InChI is InChI=1S/C17H25F4N3O6/c1-15(2,3)29-14(27)22-9-7-10(18)11(28-8-9)12(25)23-24-13(26)16(5-4-6-16)30-17(19,20)21/h9-11H,4-8H2,1-3H3,(H,22,27)(H,23,25)(H,24,26)/t9-,10+,11+/m1/s1. The average Bonchev–Trinajstić information content (AvgIpc) is 2.53. The number of carbonyl (C=O) groups excluding carboxylic acids is 3. The van der Waals surface area contributed by atoms with Gasteiger partial charge in [-0.3, -0.25) is 25.2 Å². The van der Waals surface area contributed by atoms with E-state index in [0.717, 1.165) is 0 Å². The molecule has 2 aliphatic rings. The first kappa shape index (κ1) is 24.1. The zero-order valence-corrected chi connectivity index (χ0v) is 16.7. The van der Waals surface area contributed by atoms with Crippen LogP contribution in [0.5, 0.6) is 0 Å². The fourth-order valence-corrected chi connectivity index (χ4v) is 3.00. The number of halogens is 4. The van der Waals surface area contributed by atoms with Crippen LogP contribution in [0.15, 0.2) is 0 Å². The van der Waals surface area contributed by atoms with E-state index in [1.807, 2.05) is 10.9 Å². The third kappa shape index (κ3) is 6.69. The van der Waals surface area contributed by atoms with E-state index in [4.69, 9.17) is 9.47 Å². The van der Waals surface area contributed by atoms with Gasteiger partial charge in [0.25, 0.3) is 11.8 Å². The first-order chi connectivity index (χ1) is 13.7. The van der Waals surface area contributed by atoms with Gasteiger partial charge in [0.05, 0.1) is 12.6 Å². The number of alkyl halides is 4. The number of hydrazine groups is 1. The molecule has 1 saturated carbocycles. The molecule has 1 heterocycles. The van der Waals surface area contributed by atoms with Crippen LogP contribution in [0.4, 0.5) is 22.4 Å². The Morgan fingerprint density at radius 1 is 1.10 bits per heavy atom. The minimum Gasteiger partial charge on any atom is -0.444 e. The van der Waals surface area contributed by atoms with Crippen LogP contribution >= 0.6 is 0 Å². The van der Waals surface area contributed by atoms with Gasteiger partial charge in [0.15, 0.2) is 11.7 Å². The number of nitrogens with one attached hydrogen (secondary N) is 3. The Morgan fingerprint density at radius 3 is 2.20 bits per heavy atom. The first-order valence-corrected chi connectivity index (χ1v) is 9.33. The summed E-state index contributed by atoms with van der Waals surface area (Å²) in [6, 6.07) is -0.744. The maximum atomic E-state index is 14.3. The molecular formula is C17H25F4N3O6. The van der Waals surface area contributed by atoms with E-state index in [1.165, 1.54) is 0 Å². The maximum Gasteiger partial charge on any atom is 0.523 e. The first-order valence-electron chi connectivity index (χ1n) is 9.33. The van der Waals surface area contributed by atoms with Crippen molar-refractivity contribution in [1.82, 2.24) is 16.2 Å². The lowest BCUT2D eigenvalue weighted by atomic mass is 9.79. The summed E-state index contributed by atoms with van der Waals surface area (Å²) in [5.74, 6) is -2.26. The predicted molar refractivity (Wildman–Crippen MR) is 92.4 cm³/mol. The molecule has 13 heteroatoms. The van der Waals surface area contributed by atoms with Gasteiger partial charge in [-0.2, -0.15) is 0 Å². The summed E-state index contributed by atoms with van der Waals surface area (Å²) >= 11 is 0. The Kier molecular flexibility index (Phi) is 7.17. The van der Waals surface area contributed by atoms with E-state index in [1.54, 1.807) is 20.8 Å². The molecule has 3 amide bonds. The van der Waals surface area contributed by atoms with Crippen LogP contribution in [0.3, 0.4) is 0 Å². The van der Waals surface area contributed by atoms with E-state index in [9.17, 15) is 31.9 Å². The third-order valence-electron chi connectivity index (χ3n) is 4.48. The highest BCUT2D eigenvalue weighted by Crippen LogP contribution is 2.40. The van der Waals surface area contributed by atoms with Crippen molar-refractivity contribution in [2.45, 2.75) is 82.3 Å². The molecule has 1 saturated heterocycles. The summed E-state index contributed by atoms with van der Waals surface area (Å²) in [5, 5.41) is 2.42. The summed E-state index contributed by atoms with van der Waals surface area (Å²) in [4.78, 5) is 35.8. The highest BCUT2D eigenvalue weighted by Gasteiger charge is 2.53. The van der Waals surface area contributed by atoms with Crippen molar-refractivity contribution >= 4 is 17.9 Å². The van der Waals surface area contributed by atoms with Crippen LogP contribution in [-0.4, -0.2) is 60.4 Å². The number of hydrogen-bond acceptors (Lipinski definition) is 6. The zero-order chi connectivity index (χ0) is 22.7. The molecule has 1 aliphatic carbocycles. The van der Waals surface area contributed by atoms with Crippen LogP contribution in [0.2, 0.25) is 0 Å². The Balaban J connectivity index is 1.81. The van der Waals surface area contributed by atoms with Gasteiger partial charge in [-0.05, 0) is 40.0 Å². The van der Waals surface area contributed by atoms with Crippen LogP contribution in [0.25, 0.3) is 0 Å². The van der Waals surface area contributed by atoms with Gasteiger partial charge in [-0.1, -0.05) is 0 Å². The fraction of sp³-hybridized carbons (Fsp3) is 0.824. The van der Waals surface area contributed by atoms with Gasteiger partial charge in [0.2, 0.25) is 0 Å². The second-order valence-corrected chi connectivity index (χ2v) is 8.19. The molecule has 2 rings (SSSR count). The van der Waals surface area contributed by atoms with Gasteiger partial charge < -0.3 is 14.8 Å². The Morgan fingerprint density at radius 2 is 1.73 bits per heavy atom. The molecule has 0 aromatic rings. The van der Waals surface area contributed by atoms with Crippen molar-refractivity contribution in [3.63, 3.8) is 0 Å². The molecule has 0 radical (unpaired) electrons. The van der Waals surface area contributed by atoms with Gasteiger partial charge in [0.1, 0.15) is 11.8 Å². The highest BCUT2D eigenvalue weighted by atomic mass is 19.4. The second-order valence-electron chi connectivity index (χ2n) is 8.19. The van der Waals surface area contributed by atoms with Crippen LogP contribution in [0.1, 0.15) is 46.5 Å². The minimum absolute atomic E-state index is 0.169. The lowest BCUT2D eigenvalue weighted by Gasteiger charge is -2.39. The molecule has 3 atom stereocenters. The van der Waals surface area contributed by atoms with E-state index in [2.05, 4.69) is 10.1 Å². The quantitative estimate of drug-likeness (QED) is 0.449. The van der Waals surface area contributed by atoms with Crippen LogP contribution in [-0.2, 0) is 23.8 Å². The Labute approximate surface area is 170 Å². The SMILES string of the molecule is CC(C)(C)OC(=O)N[C@H]1CO[C@H](C(=O)NNC(=O)C2(OC(F)(F)F)CCC2)[C@@H](F)C1. The molecule has 3 N–H and O–H groups in total. The predicted octanol–water partition coefficient (Wildman–Crippen LogP) is 1.61. The van der Waals surface area contributed by atoms with Crippen molar-refractivity contribution in [2.75, 3.05) is 6.61 Å². The number of hydrogen-bond donors (Lipinski definition) is 3. The largest absolute Gasteiger partial charge is 0.523 e. The van der Waals surface area contributed by atoms with E-state index >= 15 is 0 Å². The van der Waals surface area contributed by atoms with Crippen molar-refractivity contribution in [1.29, 1.82) is 0 Å². The zero-order valence-electron chi connectivity index (χ0n) is 16.7. The van der Waals surface area contributed by atoms with Crippen molar-refractivity contribution in [3.05, 3.63) is 0 Å². The smallest absolute Gasteiger partial charge is 0.444 e. The summed E-state index contributed by atoms with van der Waals surface area (Å²) in [6.45, 7) is 4.77. The molecular weight excluding hydrogens is 418 g/mol. The number of ether oxygens (including phenoxy) is 3. The Bertz CT molecular complexity index is 663. The minimum atomic E-state index is -5.02. The summed E-state index contributed by atoms with van der Waals surface area (Å²) < 4.78 is 65.9. The molecule has 30 heavy (non-hydrogen) atoms. The molecule has 1 aliphatic heterocycles. The van der Waals surface area contributed by atoms with Gasteiger partial charge >= 0.3 is 12.5 Å². The van der Waals surface area contributed by atoms with E-state index < -0.39 is 53.8 Å². The topological polar surface area (TPSA) is 115 Å². The molecule has 0 unspecified atom stereocenters. The second kappa shape index (κ2) is 8.92. The summed E-state index contributed by atoms with van der Waals surface area (Å²) in [6.07, 6.45) is -9.48. The monoisotopic (exact) mass is 443 g/mol. The van der Waals surface area contributed by atoms with Gasteiger partial charge in [0, 0.05) is 6.42 Å². The number of alkyl carbamates (subject to hydrolysis) is 1. The molecule has 0 bridgehead atoms. The molecule has 2 fully saturated rings. The summed E-state index contributed by atoms with van der Waals surface area (Å²) in [7, 11) is 0. The van der Waals surface area contributed by atoms with Crippen LogP contribution in [0, 0.1) is 0 Å². The number of amides is 3. The maximum absolute atomic E-state index is 14.3. The van der Waals surface area contributed by atoms with E-state index in [0.29, 0.717) is 6.42 Å². The molecule has 9 nitrogen and oxygen atoms in total. The van der Waals surface area contributed by atoms with Crippen molar-refractivity contribution < 1.29 is 46.2 Å². The van der Waals surface area contributed by atoms with Gasteiger partial charge in [-0.25, -0.2) is 9.18 Å². The molecule has 0 aromatic heterocycles. The lowest BCUT2D eigenvalue weighted by molar-refractivity contribution is -0.370. The normalized spacial score (nSPS) is 26.2. The molecule has 0 aromatic carbocycles. The van der Waals surface area contributed by atoms with Gasteiger partial charge in [-0.15, -0.1) is 13.2 Å². The molecule has 0 spiro atoms. The highest BCUT2D eigenvalue weighted by molar-refractivity contribution is 5.89. The van der Waals surface area contributed by atoms with Crippen molar-refractivity contribution in [3.8, 4) is 0 Å². The summed E-state index contributed by atoms with van der Waals surface area (Å²) in [5.41, 5.74) is 0.839. The van der Waals surface area contributed by atoms with Crippen LogP contribution < -0.4 is 16.2 Å².